The van der Waals surface area contributed by atoms with E-state index in [-0.39, 0.29) is 6.10 Å². The van der Waals surface area contributed by atoms with Crippen molar-refractivity contribution in [3.05, 3.63) is 78.4 Å². The molecule has 0 heterocycles. The van der Waals surface area contributed by atoms with Gasteiger partial charge in [-0.05, 0) is 43.2 Å². The van der Waals surface area contributed by atoms with Crippen molar-refractivity contribution in [3.63, 3.8) is 0 Å². The molecule has 4 nitrogen and oxygen atoms in total. The van der Waals surface area contributed by atoms with Crippen LogP contribution in [0.3, 0.4) is 0 Å². The van der Waals surface area contributed by atoms with Crippen LogP contribution in [0.4, 0.5) is 0 Å². The first-order chi connectivity index (χ1) is 11.6. The SMILES string of the molecule is O=C(O[C@@H]1C=C[C@H](S(=O)(=O)c2ccccc2)CC1)c1ccccc1. The second-order valence-corrected chi connectivity index (χ2v) is 7.84. The maximum atomic E-state index is 12.6. The van der Waals surface area contributed by atoms with E-state index in [4.69, 9.17) is 4.74 Å². The molecular formula is C19H18O4S. The molecule has 2 aromatic rings. The minimum Gasteiger partial charge on any atom is -0.455 e. The van der Waals surface area contributed by atoms with Crippen LogP contribution in [0.2, 0.25) is 0 Å². The van der Waals surface area contributed by atoms with E-state index in [2.05, 4.69) is 0 Å². The van der Waals surface area contributed by atoms with E-state index in [0.717, 1.165) is 0 Å². The van der Waals surface area contributed by atoms with Gasteiger partial charge in [-0.1, -0.05) is 42.5 Å². The zero-order valence-corrected chi connectivity index (χ0v) is 13.9. The summed E-state index contributed by atoms with van der Waals surface area (Å²) in [6.07, 6.45) is 3.84. The monoisotopic (exact) mass is 342 g/mol. The highest BCUT2D eigenvalue weighted by atomic mass is 32.2. The first-order valence-corrected chi connectivity index (χ1v) is 9.35. The predicted octanol–water partition coefficient (Wildman–Crippen LogP) is 3.40. The van der Waals surface area contributed by atoms with Crippen LogP contribution in [0.1, 0.15) is 23.2 Å². The van der Waals surface area contributed by atoms with Gasteiger partial charge in [0.25, 0.3) is 0 Å². The molecule has 0 spiro atoms. The molecule has 0 bridgehead atoms. The van der Waals surface area contributed by atoms with Gasteiger partial charge in [0.1, 0.15) is 6.10 Å². The summed E-state index contributed by atoms with van der Waals surface area (Å²) < 4.78 is 30.6. The molecule has 0 amide bonds. The average molecular weight is 342 g/mol. The third kappa shape index (κ3) is 3.57. The van der Waals surface area contributed by atoms with Gasteiger partial charge in [-0.25, -0.2) is 13.2 Å². The Morgan fingerprint density at radius 3 is 2.08 bits per heavy atom. The van der Waals surface area contributed by atoms with Gasteiger partial charge in [-0.15, -0.1) is 0 Å². The topological polar surface area (TPSA) is 60.4 Å². The molecule has 0 radical (unpaired) electrons. The van der Waals surface area contributed by atoms with E-state index in [1.54, 1.807) is 66.7 Å². The Balaban J connectivity index is 1.67. The summed E-state index contributed by atoms with van der Waals surface area (Å²) in [7, 11) is -3.39. The van der Waals surface area contributed by atoms with Crippen molar-refractivity contribution in [2.75, 3.05) is 0 Å². The number of benzene rings is 2. The number of hydrogen-bond acceptors (Lipinski definition) is 4. The molecule has 0 aromatic heterocycles. The maximum Gasteiger partial charge on any atom is 0.338 e. The molecule has 2 aromatic carbocycles. The van der Waals surface area contributed by atoms with E-state index in [9.17, 15) is 13.2 Å². The molecule has 124 valence electrons. The highest BCUT2D eigenvalue weighted by Gasteiger charge is 2.29. The maximum absolute atomic E-state index is 12.6. The van der Waals surface area contributed by atoms with Crippen molar-refractivity contribution in [3.8, 4) is 0 Å². The van der Waals surface area contributed by atoms with E-state index in [1.807, 2.05) is 6.07 Å². The molecule has 0 saturated carbocycles. The fourth-order valence-corrected chi connectivity index (χ4v) is 4.32. The van der Waals surface area contributed by atoms with Crippen molar-refractivity contribution in [2.24, 2.45) is 0 Å². The van der Waals surface area contributed by atoms with Crippen LogP contribution in [-0.4, -0.2) is 25.7 Å². The fraction of sp³-hybridized carbons (Fsp3) is 0.211. The van der Waals surface area contributed by atoms with Gasteiger partial charge in [0.05, 0.1) is 15.7 Å². The Morgan fingerprint density at radius 2 is 1.50 bits per heavy atom. The molecule has 3 rings (SSSR count). The molecule has 1 aliphatic rings. The quantitative estimate of drug-likeness (QED) is 0.631. The van der Waals surface area contributed by atoms with Gasteiger partial charge in [0, 0.05) is 0 Å². The zero-order valence-electron chi connectivity index (χ0n) is 13.0. The van der Waals surface area contributed by atoms with Crippen molar-refractivity contribution < 1.29 is 17.9 Å². The van der Waals surface area contributed by atoms with Gasteiger partial charge in [0.15, 0.2) is 9.84 Å². The molecule has 0 unspecified atom stereocenters. The molecule has 24 heavy (non-hydrogen) atoms. The lowest BCUT2D eigenvalue weighted by atomic mass is 10.0. The summed E-state index contributed by atoms with van der Waals surface area (Å²) in [4.78, 5) is 12.4. The minimum atomic E-state index is -3.39. The van der Waals surface area contributed by atoms with Crippen molar-refractivity contribution >= 4 is 15.8 Å². The van der Waals surface area contributed by atoms with Gasteiger partial charge >= 0.3 is 5.97 Å². The summed E-state index contributed by atoms with van der Waals surface area (Å²) in [6.45, 7) is 0. The highest BCUT2D eigenvalue weighted by molar-refractivity contribution is 7.92. The molecule has 5 heteroatoms. The number of esters is 1. The molecule has 0 fully saturated rings. The number of carbonyl (C=O) groups is 1. The van der Waals surface area contributed by atoms with Crippen LogP contribution in [0.5, 0.6) is 0 Å². The second kappa shape index (κ2) is 7.01. The van der Waals surface area contributed by atoms with Gasteiger partial charge in [0.2, 0.25) is 0 Å². The standard InChI is InChI=1S/C19H18O4S/c20-19(15-7-3-1-4-8-15)23-16-11-13-18(14-12-16)24(21,22)17-9-5-2-6-10-17/h1-11,13,16,18H,12,14H2/t16-,18+/m1/s1. The van der Waals surface area contributed by atoms with Crippen LogP contribution in [0.15, 0.2) is 77.7 Å². The first-order valence-electron chi connectivity index (χ1n) is 7.80. The lowest BCUT2D eigenvalue weighted by molar-refractivity contribution is 0.0370. The van der Waals surface area contributed by atoms with Crippen molar-refractivity contribution in [1.29, 1.82) is 0 Å². The van der Waals surface area contributed by atoms with E-state index >= 15 is 0 Å². The Kier molecular flexibility index (Phi) is 4.81. The largest absolute Gasteiger partial charge is 0.455 e. The zero-order chi connectivity index (χ0) is 17.0. The Labute approximate surface area is 141 Å². The number of sulfone groups is 1. The predicted molar refractivity (Wildman–Crippen MR) is 91.4 cm³/mol. The van der Waals surface area contributed by atoms with Crippen molar-refractivity contribution in [1.82, 2.24) is 0 Å². The lowest BCUT2D eigenvalue weighted by Gasteiger charge is -2.23. The minimum absolute atomic E-state index is 0.319. The first kappa shape index (κ1) is 16.5. The van der Waals surface area contributed by atoms with E-state index in [1.165, 1.54) is 0 Å². The third-order valence-electron chi connectivity index (χ3n) is 4.01. The smallest absolute Gasteiger partial charge is 0.338 e. The van der Waals surface area contributed by atoms with Gasteiger partial charge in [-0.3, -0.25) is 0 Å². The van der Waals surface area contributed by atoms with E-state index < -0.39 is 21.1 Å². The summed E-state index contributed by atoms with van der Waals surface area (Å²) in [5.41, 5.74) is 0.491. The molecule has 2 atom stereocenters. The third-order valence-corrected chi connectivity index (χ3v) is 6.13. The molecule has 0 N–H and O–H groups in total. The Bertz CT molecular complexity index is 826. The molecular weight excluding hydrogens is 324 g/mol. The highest BCUT2D eigenvalue weighted by Crippen LogP contribution is 2.25. The normalized spacial score (nSPS) is 20.5. The summed E-state index contributed by atoms with van der Waals surface area (Å²) in [6, 6.07) is 17.2. The molecule has 0 saturated heterocycles. The van der Waals surface area contributed by atoms with Crippen LogP contribution in [0, 0.1) is 0 Å². The summed E-state index contributed by atoms with van der Waals surface area (Å²) in [5, 5.41) is -0.577. The van der Waals surface area contributed by atoms with Crippen LogP contribution in [0.25, 0.3) is 0 Å². The van der Waals surface area contributed by atoms with Crippen LogP contribution < -0.4 is 0 Å². The van der Waals surface area contributed by atoms with E-state index in [0.29, 0.717) is 23.3 Å². The number of ether oxygens (including phenoxy) is 1. The second-order valence-electron chi connectivity index (χ2n) is 5.67. The fourth-order valence-electron chi connectivity index (χ4n) is 2.69. The number of hydrogen-bond donors (Lipinski definition) is 0. The summed E-state index contributed by atoms with van der Waals surface area (Å²) in [5.74, 6) is -0.394. The number of carbonyl (C=O) groups excluding carboxylic acids is 1. The molecule has 0 aliphatic heterocycles. The average Bonchev–Trinajstić information content (AvgIpc) is 2.63. The summed E-state index contributed by atoms with van der Waals surface area (Å²) >= 11 is 0. The van der Waals surface area contributed by atoms with Crippen LogP contribution >= 0.6 is 0 Å². The molecule has 1 aliphatic carbocycles. The van der Waals surface area contributed by atoms with Crippen LogP contribution in [-0.2, 0) is 14.6 Å². The lowest BCUT2D eigenvalue weighted by Crippen LogP contribution is -2.27. The van der Waals surface area contributed by atoms with Gasteiger partial charge in [-0.2, -0.15) is 0 Å². The Hall–Kier alpha value is -2.40. The van der Waals surface area contributed by atoms with Gasteiger partial charge < -0.3 is 4.74 Å². The van der Waals surface area contributed by atoms with Crippen molar-refractivity contribution in [2.45, 2.75) is 29.1 Å². The Morgan fingerprint density at radius 1 is 0.875 bits per heavy atom. The number of rotatable bonds is 4.